The van der Waals surface area contributed by atoms with Crippen LogP contribution in [0.15, 0.2) is 41.4 Å². The molecule has 2 heterocycles. The second kappa shape index (κ2) is 7.34. The number of rotatable bonds is 3. The molecule has 0 spiro atoms. The second-order valence-corrected chi connectivity index (χ2v) is 8.63. The Morgan fingerprint density at radius 1 is 1.08 bits per heavy atom. The molecule has 2 aromatic rings. The zero-order valence-corrected chi connectivity index (χ0v) is 16.2. The molecule has 0 aliphatic carbocycles. The molecule has 6 nitrogen and oxygen atoms in total. The van der Waals surface area contributed by atoms with Crippen LogP contribution in [0.1, 0.15) is 21.5 Å². The summed E-state index contributed by atoms with van der Waals surface area (Å²) in [7, 11) is -3.56. The fourth-order valence-electron chi connectivity index (χ4n) is 3.04. The summed E-state index contributed by atoms with van der Waals surface area (Å²) >= 11 is 5.74. The Balaban J connectivity index is 1.71. The van der Waals surface area contributed by atoms with Gasteiger partial charge in [-0.2, -0.15) is 4.31 Å². The summed E-state index contributed by atoms with van der Waals surface area (Å²) < 4.78 is 27.2. The minimum atomic E-state index is -3.56. The Morgan fingerprint density at radius 2 is 1.77 bits per heavy atom. The number of aromatic nitrogens is 1. The van der Waals surface area contributed by atoms with Crippen LogP contribution in [0.5, 0.6) is 0 Å². The van der Waals surface area contributed by atoms with E-state index in [0.717, 1.165) is 11.1 Å². The number of halogens is 1. The summed E-state index contributed by atoms with van der Waals surface area (Å²) in [5.41, 5.74) is 2.20. The van der Waals surface area contributed by atoms with Gasteiger partial charge < -0.3 is 4.90 Å². The number of carbonyl (C=O) groups is 1. The third kappa shape index (κ3) is 3.75. The molecule has 0 bridgehead atoms. The van der Waals surface area contributed by atoms with Gasteiger partial charge in [-0.05, 0) is 37.6 Å². The Hall–Kier alpha value is -1.96. The number of pyridine rings is 1. The number of piperazine rings is 1. The van der Waals surface area contributed by atoms with Crippen LogP contribution in [0.2, 0.25) is 5.15 Å². The third-order valence-corrected chi connectivity index (χ3v) is 6.73. The first-order chi connectivity index (χ1) is 12.3. The lowest BCUT2D eigenvalue weighted by atomic mass is 10.2. The molecule has 0 N–H and O–H groups in total. The molecule has 1 aromatic carbocycles. The quantitative estimate of drug-likeness (QED) is 0.751. The highest BCUT2D eigenvalue weighted by atomic mass is 35.5. The standard InChI is InChI=1S/C18H20ClN3O3S/c1-13-3-5-16(14(2)11-13)26(24,25)22-9-7-21(8-10-22)18(23)15-4-6-17(19)20-12-15/h3-6,11-12H,7-10H2,1-2H3. The summed E-state index contributed by atoms with van der Waals surface area (Å²) in [5.74, 6) is -0.169. The monoisotopic (exact) mass is 393 g/mol. The summed E-state index contributed by atoms with van der Waals surface area (Å²) in [5, 5.41) is 0.325. The van der Waals surface area contributed by atoms with Gasteiger partial charge in [-0.3, -0.25) is 4.79 Å². The van der Waals surface area contributed by atoms with Gasteiger partial charge in [-0.1, -0.05) is 29.3 Å². The number of hydrogen-bond donors (Lipinski definition) is 0. The molecule has 1 aliphatic rings. The maximum Gasteiger partial charge on any atom is 0.255 e. The largest absolute Gasteiger partial charge is 0.336 e. The molecule has 1 fully saturated rings. The van der Waals surface area contributed by atoms with E-state index in [0.29, 0.717) is 28.7 Å². The number of carbonyl (C=O) groups excluding carboxylic acids is 1. The minimum Gasteiger partial charge on any atom is -0.336 e. The van der Waals surface area contributed by atoms with Gasteiger partial charge >= 0.3 is 0 Å². The summed E-state index contributed by atoms with van der Waals surface area (Å²) in [4.78, 5) is 18.4. The topological polar surface area (TPSA) is 70.6 Å². The molecule has 0 atom stereocenters. The van der Waals surface area contributed by atoms with Crippen LogP contribution < -0.4 is 0 Å². The number of amides is 1. The van der Waals surface area contributed by atoms with Gasteiger partial charge in [-0.25, -0.2) is 13.4 Å². The molecule has 1 amide bonds. The molecular formula is C18H20ClN3O3S. The van der Waals surface area contributed by atoms with E-state index in [9.17, 15) is 13.2 Å². The Morgan fingerprint density at radius 3 is 2.35 bits per heavy atom. The van der Waals surface area contributed by atoms with Crippen molar-refractivity contribution in [3.8, 4) is 0 Å². The van der Waals surface area contributed by atoms with Crippen molar-refractivity contribution in [2.75, 3.05) is 26.2 Å². The van der Waals surface area contributed by atoms with Gasteiger partial charge in [0.2, 0.25) is 10.0 Å². The number of nitrogens with zero attached hydrogens (tertiary/aromatic N) is 3. The van der Waals surface area contributed by atoms with Crippen molar-refractivity contribution in [2.45, 2.75) is 18.7 Å². The molecule has 138 valence electrons. The average molecular weight is 394 g/mol. The van der Waals surface area contributed by atoms with Crippen LogP contribution >= 0.6 is 11.6 Å². The maximum atomic E-state index is 12.9. The van der Waals surface area contributed by atoms with E-state index in [2.05, 4.69) is 4.98 Å². The Bertz CT molecular complexity index is 921. The van der Waals surface area contributed by atoms with Crippen molar-refractivity contribution in [2.24, 2.45) is 0 Å². The van der Waals surface area contributed by atoms with Crippen LogP contribution in [0, 0.1) is 13.8 Å². The molecule has 3 rings (SSSR count). The average Bonchev–Trinajstić information content (AvgIpc) is 2.61. The van der Waals surface area contributed by atoms with E-state index in [4.69, 9.17) is 11.6 Å². The van der Waals surface area contributed by atoms with Crippen molar-refractivity contribution >= 4 is 27.5 Å². The highest BCUT2D eigenvalue weighted by Gasteiger charge is 2.31. The first kappa shape index (κ1) is 18.8. The van der Waals surface area contributed by atoms with Crippen molar-refractivity contribution < 1.29 is 13.2 Å². The van der Waals surface area contributed by atoms with E-state index in [1.807, 2.05) is 13.0 Å². The van der Waals surface area contributed by atoms with Crippen LogP contribution in [-0.2, 0) is 10.0 Å². The lowest BCUT2D eigenvalue weighted by Gasteiger charge is -2.34. The number of aryl methyl sites for hydroxylation is 2. The number of sulfonamides is 1. The van der Waals surface area contributed by atoms with E-state index in [1.165, 1.54) is 10.5 Å². The second-order valence-electron chi connectivity index (χ2n) is 6.33. The SMILES string of the molecule is Cc1ccc(S(=O)(=O)N2CCN(C(=O)c3ccc(Cl)nc3)CC2)c(C)c1. The normalized spacial score (nSPS) is 15.9. The van der Waals surface area contributed by atoms with E-state index in [1.54, 1.807) is 36.1 Å². The molecule has 0 radical (unpaired) electrons. The van der Waals surface area contributed by atoms with Crippen molar-refractivity contribution in [3.63, 3.8) is 0 Å². The van der Waals surface area contributed by atoms with Crippen LogP contribution in [-0.4, -0.2) is 54.7 Å². The fourth-order valence-corrected chi connectivity index (χ4v) is 4.78. The fraction of sp³-hybridized carbons (Fsp3) is 0.333. The molecule has 0 unspecified atom stereocenters. The van der Waals surface area contributed by atoms with Gasteiger partial charge in [0.1, 0.15) is 5.15 Å². The minimum absolute atomic E-state index is 0.169. The van der Waals surface area contributed by atoms with Gasteiger partial charge in [0.05, 0.1) is 10.5 Å². The molecule has 8 heteroatoms. The first-order valence-electron chi connectivity index (χ1n) is 8.27. The molecule has 1 aliphatic heterocycles. The van der Waals surface area contributed by atoms with E-state index in [-0.39, 0.29) is 19.0 Å². The lowest BCUT2D eigenvalue weighted by Crippen LogP contribution is -2.50. The Labute approximate surface area is 158 Å². The molecule has 1 saturated heterocycles. The van der Waals surface area contributed by atoms with Crippen LogP contribution in [0.25, 0.3) is 0 Å². The summed E-state index contributed by atoms with van der Waals surface area (Å²) in [6.45, 7) is 4.94. The molecule has 0 saturated carbocycles. The zero-order chi connectivity index (χ0) is 18.9. The van der Waals surface area contributed by atoms with Crippen molar-refractivity contribution in [3.05, 3.63) is 58.4 Å². The summed E-state index contributed by atoms with van der Waals surface area (Å²) in [6.07, 6.45) is 1.43. The van der Waals surface area contributed by atoms with Gasteiger partial charge in [0.25, 0.3) is 5.91 Å². The zero-order valence-electron chi connectivity index (χ0n) is 14.6. The van der Waals surface area contributed by atoms with Crippen LogP contribution in [0.3, 0.4) is 0 Å². The molecular weight excluding hydrogens is 374 g/mol. The lowest BCUT2D eigenvalue weighted by molar-refractivity contribution is 0.0697. The molecule has 1 aromatic heterocycles. The highest BCUT2D eigenvalue weighted by Crippen LogP contribution is 2.22. The predicted molar refractivity (Wildman–Crippen MR) is 99.8 cm³/mol. The van der Waals surface area contributed by atoms with Crippen molar-refractivity contribution in [1.82, 2.24) is 14.2 Å². The smallest absolute Gasteiger partial charge is 0.255 e. The summed E-state index contributed by atoms with van der Waals surface area (Å²) in [6, 6.07) is 8.50. The molecule has 26 heavy (non-hydrogen) atoms. The van der Waals surface area contributed by atoms with Gasteiger partial charge in [0, 0.05) is 32.4 Å². The number of benzene rings is 1. The predicted octanol–water partition coefficient (Wildman–Crippen LogP) is 2.50. The Kier molecular flexibility index (Phi) is 5.32. The van der Waals surface area contributed by atoms with E-state index < -0.39 is 10.0 Å². The van der Waals surface area contributed by atoms with Gasteiger partial charge in [-0.15, -0.1) is 0 Å². The van der Waals surface area contributed by atoms with Crippen LogP contribution in [0.4, 0.5) is 0 Å². The third-order valence-electron chi connectivity index (χ3n) is 4.45. The number of hydrogen-bond acceptors (Lipinski definition) is 4. The maximum absolute atomic E-state index is 12.9. The van der Waals surface area contributed by atoms with Gasteiger partial charge in [0.15, 0.2) is 0 Å². The van der Waals surface area contributed by atoms with Crippen molar-refractivity contribution in [1.29, 1.82) is 0 Å². The first-order valence-corrected chi connectivity index (χ1v) is 10.1. The van der Waals surface area contributed by atoms with E-state index >= 15 is 0 Å². The highest BCUT2D eigenvalue weighted by molar-refractivity contribution is 7.89.